The van der Waals surface area contributed by atoms with Crippen LogP contribution in [0.5, 0.6) is 11.5 Å². The average Bonchev–Trinajstić information content (AvgIpc) is 3.41. The fourth-order valence-electron chi connectivity index (χ4n) is 4.21. The van der Waals surface area contributed by atoms with Crippen molar-refractivity contribution in [2.24, 2.45) is 0 Å². The third kappa shape index (κ3) is 3.81. The molecule has 0 radical (unpaired) electrons. The molecule has 176 valence electrons. The number of hydrogen-bond donors (Lipinski definition) is 1. The van der Waals surface area contributed by atoms with Crippen molar-refractivity contribution < 1.29 is 24.2 Å². The van der Waals surface area contributed by atoms with E-state index >= 15 is 0 Å². The molecule has 1 saturated heterocycles. The monoisotopic (exact) mass is 486 g/mol. The fraction of sp³-hybridized carbons (Fsp3) is 0.148. The van der Waals surface area contributed by atoms with Gasteiger partial charge in [-0.2, -0.15) is 0 Å². The number of aliphatic hydroxyl groups is 1. The molecule has 3 aromatic carbocycles. The van der Waals surface area contributed by atoms with Crippen molar-refractivity contribution in [2.45, 2.75) is 13.0 Å². The Balaban J connectivity index is 1.74. The van der Waals surface area contributed by atoms with Gasteiger partial charge in [0, 0.05) is 11.1 Å². The van der Waals surface area contributed by atoms with E-state index in [-0.39, 0.29) is 11.3 Å². The summed E-state index contributed by atoms with van der Waals surface area (Å²) in [6.45, 7) is 1.93. The fourth-order valence-corrected chi connectivity index (χ4v) is 5.23. The zero-order valence-corrected chi connectivity index (χ0v) is 20.1. The largest absolute Gasteiger partial charge is 0.507 e. The summed E-state index contributed by atoms with van der Waals surface area (Å²) in [7, 11) is 3.10. The predicted octanol–water partition coefficient (Wildman–Crippen LogP) is 5.25. The Labute approximate surface area is 205 Å². The highest BCUT2D eigenvalue weighted by Crippen LogP contribution is 2.46. The van der Waals surface area contributed by atoms with Crippen molar-refractivity contribution in [3.63, 3.8) is 0 Å². The van der Waals surface area contributed by atoms with Gasteiger partial charge in [-0.3, -0.25) is 14.5 Å². The second kappa shape index (κ2) is 8.88. The van der Waals surface area contributed by atoms with Gasteiger partial charge in [0.2, 0.25) is 0 Å². The third-order valence-electron chi connectivity index (χ3n) is 5.99. The number of rotatable bonds is 5. The van der Waals surface area contributed by atoms with Gasteiger partial charge in [-0.1, -0.05) is 59.4 Å². The van der Waals surface area contributed by atoms with Gasteiger partial charge in [0.1, 0.15) is 23.3 Å². The lowest BCUT2D eigenvalue weighted by Crippen LogP contribution is -2.29. The maximum absolute atomic E-state index is 13.4. The molecule has 1 amide bonds. The number of para-hydroxylation sites is 1. The first-order valence-corrected chi connectivity index (χ1v) is 11.7. The van der Waals surface area contributed by atoms with E-state index in [0.717, 1.165) is 10.3 Å². The third-order valence-corrected chi connectivity index (χ3v) is 7.01. The smallest absolute Gasteiger partial charge is 0.301 e. The molecule has 0 saturated carbocycles. The van der Waals surface area contributed by atoms with Crippen LogP contribution in [0.15, 0.2) is 72.3 Å². The van der Waals surface area contributed by atoms with E-state index in [2.05, 4.69) is 4.98 Å². The minimum absolute atomic E-state index is 0.0137. The van der Waals surface area contributed by atoms with Crippen LogP contribution in [-0.2, 0) is 9.59 Å². The van der Waals surface area contributed by atoms with E-state index in [1.165, 1.54) is 23.3 Å². The quantitative estimate of drug-likeness (QED) is 0.236. The summed E-state index contributed by atoms with van der Waals surface area (Å²) >= 11 is 1.27. The summed E-state index contributed by atoms with van der Waals surface area (Å²) in [5.41, 5.74) is 2.68. The van der Waals surface area contributed by atoms with E-state index in [1.54, 1.807) is 55.6 Å². The van der Waals surface area contributed by atoms with Gasteiger partial charge in [-0.25, -0.2) is 4.98 Å². The van der Waals surface area contributed by atoms with Gasteiger partial charge in [0.25, 0.3) is 5.78 Å². The first-order chi connectivity index (χ1) is 16.9. The molecule has 0 aliphatic carbocycles. The summed E-state index contributed by atoms with van der Waals surface area (Å²) < 4.78 is 11.7. The number of thiazole rings is 1. The first-order valence-electron chi connectivity index (χ1n) is 10.9. The molecule has 0 unspecified atom stereocenters. The topological polar surface area (TPSA) is 89.0 Å². The maximum atomic E-state index is 13.4. The number of Topliss-reactive ketones (excluding diaryl/α,β-unsaturated/α-hetero) is 1. The molecule has 1 aromatic heterocycles. The molecule has 5 rings (SSSR count). The van der Waals surface area contributed by atoms with Crippen LogP contribution in [0.25, 0.3) is 16.0 Å². The van der Waals surface area contributed by atoms with E-state index in [4.69, 9.17) is 9.47 Å². The van der Waals surface area contributed by atoms with Crippen molar-refractivity contribution in [3.05, 3.63) is 89.0 Å². The van der Waals surface area contributed by atoms with Gasteiger partial charge in [0.05, 0.1) is 30.0 Å². The SMILES string of the molecule is COc1ccc2nc(N3C(=O)C(=O)/C(=C(/O)c4ccc(C)cc4)[C@@H]3c3ccccc3OC)sc2c1. The Kier molecular flexibility index (Phi) is 5.74. The molecular formula is C27H22N2O5S. The summed E-state index contributed by atoms with van der Waals surface area (Å²) in [5.74, 6) is -0.640. The minimum atomic E-state index is -0.921. The Bertz CT molecular complexity index is 1490. The molecule has 35 heavy (non-hydrogen) atoms. The Morgan fingerprint density at radius 1 is 1.00 bits per heavy atom. The molecule has 7 nitrogen and oxygen atoms in total. The predicted molar refractivity (Wildman–Crippen MR) is 135 cm³/mol. The summed E-state index contributed by atoms with van der Waals surface area (Å²) in [6.07, 6.45) is 0. The van der Waals surface area contributed by atoms with Crippen LogP contribution in [-0.4, -0.2) is 36.0 Å². The molecule has 1 atom stereocenters. The van der Waals surface area contributed by atoms with Crippen LogP contribution in [0.3, 0.4) is 0 Å². The zero-order chi connectivity index (χ0) is 24.7. The number of aromatic nitrogens is 1. The Morgan fingerprint density at radius 2 is 1.74 bits per heavy atom. The maximum Gasteiger partial charge on any atom is 0.301 e. The summed E-state index contributed by atoms with van der Waals surface area (Å²) in [5, 5.41) is 11.6. The summed E-state index contributed by atoms with van der Waals surface area (Å²) in [4.78, 5) is 32.8. The number of methoxy groups -OCH3 is 2. The van der Waals surface area contributed by atoms with Crippen LogP contribution in [0.4, 0.5) is 5.13 Å². The van der Waals surface area contributed by atoms with Crippen LogP contribution in [0, 0.1) is 6.92 Å². The summed E-state index contributed by atoms with van der Waals surface area (Å²) in [6, 6.07) is 18.8. The van der Waals surface area contributed by atoms with Crippen molar-refractivity contribution in [1.82, 2.24) is 4.98 Å². The van der Waals surface area contributed by atoms with Crippen LogP contribution in [0.1, 0.15) is 22.7 Å². The normalized spacial score (nSPS) is 17.2. The van der Waals surface area contributed by atoms with Crippen molar-refractivity contribution >= 4 is 44.1 Å². The molecule has 1 aliphatic heterocycles. The standard InChI is InChI=1S/C27H22N2O5S/c1-15-8-10-16(11-9-15)24(30)22-23(18-6-4-5-7-20(18)34-3)29(26(32)25(22)31)27-28-19-13-12-17(33-2)14-21(19)35-27/h4-14,23,30H,1-3H3/b24-22+/t23-/m0/s1. The number of fused-ring (bicyclic) bond motifs is 1. The molecule has 1 aliphatic rings. The second-order valence-corrected chi connectivity index (χ2v) is 9.12. The number of carbonyl (C=O) groups is 2. The van der Waals surface area contributed by atoms with Crippen molar-refractivity contribution in [2.75, 3.05) is 19.1 Å². The van der Waals surface area contributed by atoms with Crippen LogP contribution in [0.2, 0.25) is 0 Å². The lowest BCUT2D eigenvalue weighted by molar-refractivity contribution is -0.132. The van der Waals surface area contributed by atoms with Gasteiger partial charge >= 0.3 is 5.91 Å². The van der Waals surface area contributed by atoms with Crippen molar-refractivity contribution in [3.8, 4) is 11.5 Å². The molecule has 0 bridgehead atoms. The van der Waals surface area contributed by atoms with Crippen LogP contribution < -0.4 is 14.4 Å². The number of anilines is 1. The van der Waals surface area contributed by atoms with E-state index < -0.39 is 17.7 Å². The molecular weight excluding hydrogens is 464 g/mol. The Hall–Kier alpha value is -4.17. The molecule has 2 heterocycles. The van der Waals surface area contributed by atoms with Gasteiger partial charge in [-0.05, 0) is 31.2 Å². The molecule has 0 spiro atoms. The highest BCUT2D eigenvalue weighted by molar-refractivity contribution is 7.22. The second-order valence-electron chi connectivity index (χ2n) is 8.11. The number of aliphatic hydroxyl groups excluding tert-OH is 1. The number of amides is 1. The number of hydrogen-bond acceptors (Lipinski definition) is 7. The number of carbonyl (C=O) groups excluding carboxylic acids is 2. The van der Waals surface area contributed by atoms with Crippen molar-refractivity contribution in [1.29, 1.82) is 0 Å². The van der Waals surface area contributed by atoms with E-state index in [0.29, 0.717) is 33.3 Å². The van der Waals surface area contributed by atoms with E-state index in [1.807, 2.05) is 25.1 Å². The van der Waals surface area contributed by atoms with Gasteiger partial charge in [0.15, 0.2) is 5.13 Å². The number of aryl methyl sites for hydroxylation is 1. The molecule has 8 heteroatoms. The lowest BCUT2D eigenvalue weighted by atomic mass is 9.94. The minimum Gasteiger partial charge on any atom is -0.507 e. The number of nitrogens with zero attached hydrogens (tertiary/aromatic N) is 2. The Morgan fingerprint density at radius 3 is 2.46 bits per heavy atom. The highest BCUT2D eigenvalue weighted by Gasteiger charge is 2.49. The molecule has 4 aromatic rings. The number of benzene rings is 3. The highest BCUT2D eigenvalue weighted by atomic mass is 32.1. The lowest BCUT2D eigenvalue weighted by Gasteiger charge is -2.24. The number of ether oxygens (including phenoxy) is 2. The van der Waals surface area contributed by atoms with Crippen LogP contribution >= 0.6 is 11.3 Å². The van der Waals surface area contributed by atoms with E-state index in [9.17, 15) is 14.7 Å². The van der Waals surface area contributed by atoms with Gasteiger partial charge < -0.3 is 14.6 Å². The molecule has 1 N–H and O–H groups in total. The van der Waals surface area contributed by atoms with Gasteiger partial charge in [-0.15, -0.1) is 0 Å². The first kappa shape index (κ1) is 22.6. The molecule has 1 fully saturated rings. The zero-order valence-electron chi connectivity index (χ0n) is 19.3. The average molecular weight is 487 g/mol. The number of ketones is 1.